The van der Waals surface area contributed by atoms with Gasteiger partial charge in [0.1, 0.15) is 5.75 Å². The molecular weight excluding hydrogens is 226 g/mol. The van der Waals surface area contributed by atoms with Gasteiger partial charge < -0.3 is 10.0 Å². The summed E-state index contributed by atoms with van der Waals surface area (Å²) in [5, 5.41) is 0.208. The van der Waals surface area contributed by atoms with E-state index in [0.29, 0.717) is 5.31 Å². The third-order valence-electron chi connectivity index (χ3n) is 2.29. The first-order valence-corrected chi connectivity index (χ1v) is 5.26. The maximum atomic E-state index is 11.3. The molecule has 0 heterocycles. The van der Waals surface area contributed by atoms with Crippen molar-refractivity contribution in [1.82, 2.24) is 5.31 Å². The van der Waals surface area contributed by atoms with E-state index in [1.807, 2.05) is 0 Å². The number of fused-ring (bicyclic) bond motifs is 1. The van der Waals surface area contributed by atoms with Gasteiger partial charge in [0.05, 0.1) is 19.4 Å². The molecule has 0 spiro atoms. The van der Waals surface area contributed by atoms with Crippen molar-refractivity contribution in [3.8, 4) is 5.75 Å². The summed E-state index contributed by atoms with van der Waals surface area (Å²) in [7, 11) is -2.98. The van der Waals surface area contributed by atoms with Crippen molar-refractivity contribution in [1.29, 1.82) is 0 Å². The average Bonchev–Trinajstić information content (AvgIpc) is 2.59. The number of hydrogen-bond acceptors (Lipinski definition) is 2. The predicted molar refractivity (Wildman–Crippen MR) is 72.9 cm³/mol. The Morgan fingerprint density at radius 2 is 2.39 bits per heavy atom. The number of nitrogens with one attached hydrogen (secondary N) is 1. The molecule has 2 aromatic rings. The number of benzene rings is 2. The van der Waals surface area contributed by atoms with E-state index in [1.165, 1.54) is 6.92 Å². The van der Waals surface area contributed by atoms with Crippen molar-refractivity contribution in [3.63, 3.8) is 0 Å². The van der Waals surface area contributed by atoms with E-state index < -0.39 is 54.9 Å². The number of ether oxygens (including phenoxy) is 1. The quantitative estimate of drug-likeness (QED) is 0.909. The Kier molecular flexibility index (Phi) is 1.51. The molecule has 0 radical (unpaired) electrons. The largest absolute Gasteiger partial charge is 0.497 e. The summed E-state index contributed by atoms with van der Waals surface area (Å²) < 4.78 is 82.4. The molecule has 3 heteroatoms. The number of amides is 1. The number of hydrogen-bond donors (Lipinski definition) is 1. The van der Waals surface area contributed by atoms with Gasteiger partial charge in [-0.05, 0) is 34.8 Å². The SMILES string of the molecule is [2H]c1c([2H])c(CCN([2H])C(C)=O)c2c([2H])c(OC([2H])([2H])[2H])c([2H])c([2H])c2c1[2H]. The van der Waals surface area contributed by atoms with Gasteiger partial charge in [-0.2, -0.15) is 0 Å². The van der Waals surface area contributed by atoms with Crippen molar-refractivity contribution in [2.75, 3.05) is 13.6 Å². The summed E-state index contributed by atoms with van der Waals surface area (Å²) >= 11 is 0. The van der Waals surface area contributed by atoms with Gasteiger partial charge in [-0.3, -0.25) is 4.79 Å². The van der Waals surface area contributed by atoms with E-state index in [-0.39, 0.29) is 29.3 Å². The zero-order valence-corrected chi connectivity index (χ0v) is 9.68. The maximum Gasteiger partial charge on any atom is 0.216 e. The number of carbonyl (C=O) groups excluding carboxylic acids is 1. The molecule has 2 aromatic carbocycles. The highest BCUT2D eigenvalue weighted by Gasteiger charge is 2.03. The Morgan fingerprint density at radius 3 is 3.17 bits per heavy atom. The summed E-state index contributed by atoms with van der Waals surface area (Å²) in [6.45, 7) is 0.986. The topological polar surface area (TPSA) is 38.3 Å². The van der Waals surface area contributed by atoms with Gasteiger partial charge >= 0.3 is 0 Å². The average molecular weight is 253 g/mol. The lowest BCUT2D eigenvalue weighted by Crippen LogP contribution is -2.22. The molecule has 1 N–H and O–H groups in total. The van der Waals surface area contributed by atoms with Crippen LogP contribution >= 0.6 is 0 Å². The Labute approximate surface area is 121 Å². The molecule has 0 saturated heterocycles. The predicted octanol–water partition coefficient (Wildman–Crippen LogP) is 2.53. The normalized spacial score (nSPS) is 18.9. The van der Waals surface area contributed by atoms with Gasteiger partial charge in [0.15, 0.2) is 1.41 Å². The van der Waals surface area contributed by atoms with E-state index in [1.54, 1.807) is 0 Å². The summed E-state index contributed by atoms with van der Waals surface area (Å²) in [6, 6.07) is -3.40. The summed E-state index contributed by atoms with van der Waals surface area (Å²) in [6.07, 6.45) is -0.138. The van der Waals surface area contributed by atoms with Crippen molar-refractivity contribution in [2.45, 2.75) is 13.3 Å². The fourth-order valence-corrected chi connectivity index (χ4v) is 1.50. The first kappa shape index (κ1) is 4.92. The van der Waals surface area contributed by atoms with Gasteiger partial charge in [0.25, 0.3) is 0 Å². The molecule has 18 heavy (non-hydrogen) atoms. The highest BCUT2D eigenvalue weighted by atomic mass is 16.5. The molecule has 0 aliphatic heterocycles. The van der Waals surface area contributed by atoms with E-state index in [9.17, 15) is 4.79 Å². The minimum atomic E-state index is -2.98. The van der Waals surface area contributed by atoms with Crippen molar-refractivity contribution in [2.24, 2.45) is 0 Å². The molecule has 1 amide bonds. The van der Waals surface area contributed by atoms with Crippen LogP contribution in [0.2, 0.25) is 1.41 Å². The van der Waals surface area contributed by atoms with Crippen LogP contribution in [0.25, 0.3) is 10.8 Å². The molecule has 0 aliphatic carbocycles. The van der Waals surface area contributed by atoms with E-state index in [4.69, 9.17) is 18.5 Å². The smallest absolute Gasteiger partial charge is 0.216 e. The van der Waals surface area contributed by atoms with E-state index >= 15 is 0 Å². The van der Waals surface area contributed by atoms with E-state index in [2.05, 4.69) is 0 Å². The van der Waals surface area contributed by atoms with Crippen LogP contribution in [0.3, 0.4) is 0 Å². The van der Waals surface area contributed by atoms with Crippen LogP contribution in [0.1, 0.15) is 24.8 Å². The van der Waals surface area contributed by atoms with Crippen LogP contribution in [-0.2, 0) is 11.2 Å². The third kappa shape index (κ3) is 2.80. The molecule has 0 bridgehead atoms. The first-order valence-electron chi connectivity index (χ1n) is 10.2. The monoisotopic (exact) mass is 253 g/mol. The molecule has 0 saturated carbocycles. The Bertz CT molecular complexity index is 957. The second-order valence-corrected chi connectivity index (χ2v) is 3.56. The molecular formula is C15H17NO2. The fraction of sp³-hybridized carbons (Fsp3) is 0.267. The van der Waals surface area contributed by atoms with Crippen LogP contribution in [0.15, 0.2) is 36.3 Å². The summed E-state index contributed by atoms with van der Waals surface area (Å²) in [4.78, 5) is 11.3. The first-order chi connectivity index (χ1) is 12.8. The Morgan fingerprint density at radius 1 is 1.50 bits per heavy atom. The lowest BCUT2D eigenvalue weighted by atomic mass is 10.0. The Hall–Kier alpha value is -2.03. The number of rotatable bonds is 4. The zero-order chi connectivity index (χ0) is 21.5. The minimum Gasteiger partial charge on any atom is -0.497 e. The van der Waals surface area contributed by atoms with Crippen LogP contribution in [-0.4, -0.2) is 19.5 Å². The van der Waals surface area contributed by atoms with Crippen LogP contribution in [0.5, 0.6) is 5.75 Å². The molecule has 0 fully saturated rings. The van der Waals surface area contributed by atoms with Gasteiger partial charge in [-0.25, -0.2) is 0 Å². The third-order valence-corrected chi connectivity index (χ3v) is 2.29. The second kappa shape index (κ2) is 5.54. The van der Waals surface area contributed by atoms with Crippen LogP contribution < -0.4 is 10.0 Å². The summed E-state index contributed by atoms with van der Waals surface area (Å²) in [5.74, 6) is -1.25. The molecule has 0 aromatic heterocycles. The molecule has 0 atom stereocenters. The maximum absolute atomic E-state index is 11.3. The molecule has 94 valence electrons. The molecule has 3 nitrogen and oxygen atoms in total. The lowest BCUT2D eigenvalue weighted by molar-refractivity contribution is -0.118. The molecule has 0 aliphatic rings. The van der Waals surface area contributed by atoms with Gasteiger partial charge in [0.2, 0.25) is 5.91 Å². The van der Waals surface area contributed by atoms with Crippen LogP contribution in [0, 0.1) is 0 Å². The highest BCUT2D eigenvalue weighted by molar-refractivity contribution is 5.87. The summed E-state index contributed by atoms with van der Waals surface area (Å²) in [5.41, 5.74) is 0.00314. The van der Waals surface area contributed by atoms with Crippen molar-refractivity contribution >= 4 is 16.7 Å². The second-order valence-electron chi connectivity index (χ2n) is 3.56. The highest BCUT2D eigenvalue weighted by Crippen LogP contribution is 2.24. The van der Waals surface area contributed by atoms with Gasteiger partial charge in [-0.1, -0.05) is 24.2 Å². The minimum absolute atomic E-state index is 0.00314. The standard InChI is InChI=1S/C15H17NO2/c1-11(17)16-9-8-13-5-3-4-12-6-7-14(18-2)10-15(12)13/h3-7,10H,8-9H2,1-2H3,(H,16,17)/i2D3,3D,4D,5D,6D,7D,10D/hD. The zero-order valence-electron chi connectivity index (χ0n) is 19.7. The number of carbonyl (C=O) groups is 1. The van der Waals surface area contributed by atoms with Gasteiger partial charge in [0, 0.05) is 13.5 Å². The lowest BCUT2D eigenvalue weighted by Gasteiger charge is -2.08. The molecule has 0 unspecified atom stereocenters. The van der Waals surface area contributed by atoms with Crippen LogP contribution in [0.4, 0.5) is 0 Å². The van der Waals surface area contributed by atoms with Gasteiger partial charge in [-0.15, -0.1) is 0 Å². The fourth-order valence-electron chi connectivity index (χ4n) is 1.50. The number of methoxy groups -OCH3 is 1. The van der Waals surface area contributed by atoms with Crippen molar-refractivity contribution in [3.05, 3.63) is 41.8 Å². The van der Waals surface area contributed by atoms with Crippen molar-refractivity contribution < 1.29 is 23.3 Å². The Balaban J connectivity index is 2.86. The molecule has 2 rings (SSSR count). The van der Waals surface area contributed by atoms with E-state index in [0.717, 1.165) is 0 Å².